The van der Waals surface area contributed by atoms with Crippen molar-refractivity contribution in [3.05, 3.63) is 35.9 Å². The predicted molar refractivity (Wildman–Crippen MR) is 84.4 cm³/mol. The molecule has 2 N–H and O–H groups in total. The van der Waals surface area contributed by atoms with Crippen LogP contribution in [0.5, 0.6) is 0 Å². The lowest BCUT2D eigenvalue weighted by Gasteiger charge is -2.34. The largest absolute Gasteiger partial charge is 0.481 e. The molecular formula is C17H24N2O3. The molecule has 1 aromatic rings. The predicted octanol–water partition coefficient (Wildman–Crippen LogP) is 2.02. The highest BCUT2D eigenvalue weighted by molar-refractivity contribution is 5.81. The van der Waals surface area contributed by atoms with Crippen LogP contribution in [0, 0.1) is 0 Å². The van der Waals surface area contributed by atoms with Gasteiger partial charge in [-0.1, -0.05) is 36.8 Å². The van der Waals surface area contributed by atoms with Crippen molar-refractivity contribution in [2.24, 2.45) is 0 Å². The van der Waals surface area contributed by atoms with Gasteiger partial charge in [0.2, 0.25) is 5.91 Å². The van der Waals surface area contributed by atoms with E-state index in [9.17, 15) is 9.59 Å². The molecule has 0 radical (unpaired) electrons. The Morgan fingerprint density at radius 2 is 2.00 bits per heavy atom. The van der Waals surface area contributed by atoms with Gasteiger partial charge in [-0.2, -0.15) is 0 Å². The van der Waals surface area contributed by atoms with Gasteiger partial charge >= 0.3 is 5.97 Å². The van der Waals surface area contributed by atoms with Gasteiger partial charge in [0.15, 0.2) is 0 Å². The summed E-state index contributed by atoms with van der Waals surface area (Å²) in [5, 5.41) is 11.5. The molecule has 1 aliphatic rings. The second-order valence-corrected chi connectivity index (χ2v) is 5.76. The highest BCUT2D eigenvalue weighted by Crippen LogP contribution is 2.19. The molecule has 1 fully saturated rings. The molecule has 0 aliphatic carbocycles. The van der Waals surface area contributed by atoms with Gasteiger partial charge in [-0.3, -0.25) is 14.5 Å². The summed E-state index contributed by atoms with van der Waals surface area (Å²) in [5.41, 5.74) is 1.22. The number of carboxylic acid groups (broad SMARTS) is 1. The monoisotopic (exact) mass is 304 g/mol. The Balaban J connectivity index is 1.86. The molecule has 5 heteroatoms. The van der Waals surface area contributed by atoms with Gasteiger partial charge in [0.05, 0.1) is 6.04 Å². The molecule has 1 heterocycles. The van der Waals surface area contributed by atoms with Crippen LogP contribution in [0.4, 0.5) is 0 Å². The van der Waals surface area contributed by atoms with Crippen LogP contribution in [0.15, 0.2) is 30.3 Å². The lowest BCUT2D eigenvalue weighted by molar-refractivity contribution is -0.137. The third-order valence-corrected chi connectivity index (χ3v) is 4.01. The third-order valence-electron chi connectivity index (χ3n) is 4.01. The summed E-state index contributed by atoms with van der Waals surface area (Å²) < 4.78 is 0. The van der Waals surface area contributed by atoms with Gasteiger partial charge in [0, 0.05) is 19.5 Å². The van der Waals surface area contributed by atoms with E-state index in [2.05, 4.69) is 22.3 Å². The summed E-state index contributed by atoms with van der Waals surface area (Å²) in [7, 11) is 0. The number of benzene rings is 1. The van der Waals surface area contributed by atoms with Crippen molar-refractivity contribution in [3.63, 3.8) is 0 Å². The zero-order valence-corrected chi connectivity index (χ0v) is 12.8. The number of piperidine rings is 1. The molecule has 5 nitrogen and oxygen atoms in total. The van der Waals surface area contributed by atoms with Crippen molar-refractivity contribution < 1.29 is 14.7 Å². The second kappa shape index (κ2) is 8.54. The minimum atomic E-state index is -0.822. The van der Waals surface area contributed by atoms with Crippen LogP contribution in [0.1, 0.15) is 37.7 Å². The Labute approximate surface area is 131 Å². The summed E-state index contributed by atoms with van der Waals surface area (Å²) in [4.78, 5) is 25.1. The fourth-order valence-electron chi connectivity index (χ4n) is 2.86. The molecule has 22 heavy (non-hydrogen) atoms. The van der Waals surface area contributed by atoms with Gasteiger partial charge in [-0.05, 0) is 31.4 Å². The molecule has 1 amide bonds. The van der Waals surface area contributed by atoms with Crippen LogP contribution >= 0.6 is 0 Å². The Morgan fingerprint density at radius 1 is 1.23 bits per heavy atom. The fourth-order valence-corrected chi connectivity index (χ4v) is 2.86. The summed E-state index contributed by atoms with van der Waals surface area (Å²) in [5.74, 6) is -0.793. The van der Waals surface area contributed by atoms with E-state index in [-0.39, 0.29) is 18.4 Å². The van der Waals surface area contributed by atoms with Crippen molar-refractivity contribution in [3.8, 4) is 0 Å². The number of hydrogen-bond donors (Lipinski definition) is 2. The molecule has 120 valence electrons. The molecule has 1 atom stereocenters. The van der Waals surface area contributed by atoms with Crippen LogP contribution < -0.4 is 5.32 Å². The van der Waals surface area contributed by atoms with E-state index in [4.69, 9.17) is 5.11 Å². The van der Waals surface area contributed by atoms with E-state index < -0.39 is 5.97 Å². The van der Waals surface area contributed by atoms with Crippen LogP contribution in [0.3, 0.4) is 0 Å². The molecule has 0 bridgehead atoms. The number of carboxylic acids is 1. The normalized spacial score (nSPS) is 18.8. The first-order valence-electron chi connectivity index (χ1n) is 7.94. The summed E-state index contributed by atoms with van der Waals surface area (Å²) in [6.07, 6.45) is 3.64. The first-order valence-corrected chi connectivity index (χ1v) is 7.94. The van der Waals surface area contributed by atoms with Crippen LogP contribution in [-0.2, 0) is 16.1 Å². The number of rotatable bonds is 7. The number of nitrogens with one attached hydrogen (secondary N) is 1. The van der Waals surface area contributed by atoms with Crippen molar-refractivity contribution in [1.29, 1.82) is 0 Å². The van der Waals surface area contributed by atoms with E-state index >= 15 is 0 Å². The first-order chi connectivity index (χ1) is 10.7. The lowest BCUT2D eigenvalue weighted by atomic mass is 10.0. The molecule has 1 saturated heterocycles. The van der Waals surface area contributed by atoms with Gasteiger partial charge in [0.25, 0.3) is 0 Å². The molecule has 2 rings (SSSR count). The Kier molecular flexibility index (Phi) is 6.40. The van der Waals surface area contributed by atoms with Crippen molar-refractivity contribution in [2.75, 3.05) is 13.1 Å². The van der Waals surface area contributed by atoms with Crippen LogP contribution in [-0.4, -0.2) is 41.0 Å². The first kappa shape index (κ1) is 16.5. The number of carbonyl (C=O) groups excluding carboxylic acids is 1. The molecular weight excluding hydrogens is 280 g/mol. The van der Waals surface area contributed by atoms with Gasteiger partial charge in [-0.15, -0.1) is 0 Å². The Bertz CT molecular complexity index is 490. The Morgan fingerprint density at radius 3 is 2.73 bits per heavy atom. The number of likely N-dealkylation sites (tertiary alicyclic amines) is 1. The van der Waals surface area contributed by atoms with Crippen molar-refractivity contribution >= 4 is 11.9 Å². The zero-order chi connectivity index (χ0) is 15.8. The topological polar surface area (TPSA) is 69.6 Å². The summed E-state index contributed by atoms with van der Waals surface area (Å²) >= 11 is 0. The minimum absolute atomic E-state index is 0.0287. The molecule has 0 spiro atoms. The standard InChI is InChI=1S/C17H24N2O3/c20-16(21)10-6-11-18-17(22)15-9-4-5-12-19(15)13-14-7-2-1-3-8-14/h1-3,7-8,15H,4-6,9-13H2,(H,18,22)(H,20,21). The molecule has 0 saturated carbocycles. The minimum Gasteiger partial charge on any atom is -0.481 e. The molecule has 0 aromatic heterocycles. The molecule has 1 unspecified atom stereocenters. The van der Waals surface area contributed by atoms with E-state index in [1.165, 1.54) is 5.56 Å². The van der Waals surface area contributed by atoms with Gasteiger partial charge in [0.1, 0.15) is 0 Å². The maximum Gasteiger partial charge on any atom is 0.303 e. The number of hydrogen-bond acceptors (Lipinski definition) is 3. The SMILES string of the molecule is O=C(O)CCCNC(=O)C1CCCCN1Cc1ccccc1. The second-order valence-electron chi connectivity index (χ2n) is 5.76. The average Bonchev–Trinajstić information content (AvgIpc) is 2.53. The number of nitrogens with zero attached hydrogens (tertiary/aromatic N) is 1. The smallest absolute Gasteiger partial charge is 0.303 e. The van der Waals surface area contributed by atoms with Gasteiger partial charge in [-0.25, -0.2) is 0 Å². The number of aliphatic carboxylic acids is 1. The van der Waals surface area contributed by atoms with Crippen molar-refractivity contribution in [1.82, 2.24) is 10.2 Å². The lowest BCUT2D eigenvalue weighted by Crippen LogP contribution is -2.49. The van der Waals surface area contributed by atoms with E-state index in [1.807, 2.05) is 18.2 Å². The summed E-state index contributed by atoms with van der Waals surface area (Å²) in [6.45, 7) is 2.15. The highest BCUT2D eigenvalue weighted by atomic mass is 16.4. The van der Waals surface area contributed by atoms with Crippen molar-refractivity contribution in [2.45, 2.75) is 44.7 Å². The maximum absolute atomic E-state index is 12.3. The summed E-state index contributed by atoms with van der Waals surface area (Å²) in [6, 6.07) is 10.1. The van der Waals surface area contributed by atoms with Crippen LogP contribution in [0.2, 0.25) is 0 Å². The average molecular weight is 304 g/mol. The quantitative estimate of drug-likeness (QED) is 0.756. The molecule has 1 aliphatic heterocycles. The molecule has 1 aromatic carbocycles. The zero-order valence-electron chi connectivity index (χ0n) is 12.8. The highest BCUT2D eigenvalue weighted by Gasteiger charge is 2.28. The third kappa shape index (κ3) is 5.15. The maximum atomic E-state index is 12.3. The van der Waals surface area contributed by atoms with E-state index in [1.54, 1.807) is 0 Å². The fraction of sp³-hybridized carbons (Fsp3) is 0.529. The number of carbonyl (C=O) groups is 2. The van der Waals surface area contributed by atoms with Crippen LogP contribution in [0.25, 0.3) is 0 Å². The van der Waals surface area contributed by atoms with Gasteiger partial charge < -0.3 is 10.4 Å². The Hall–Kier alpha value is -1.88. The van der Waals surface area contributed by atoms with E-state index in [0.29, 0.717) is 13.0 Å². The van der Waals surface area contributed by atoms with E-state index in [0.717, 1.165) is 32.4 Å². The number of amides is 1.